The van der Waals surface area contributed by atoms with Crippen molar-refractivity contribution in [3.63, 3.8) is 0 Å². The van der Waals surface area contributed by atoms with Crippen LogP contribution in [0.1, 0.15) is 10.4 Å². The number of thiazole rings is 1. The third kappa shape index (κ3) is 6.03. The molecule has 35 heavy (non-hydrogen) atoms. The van der Waals surface area contributed by atoms with Crippen molar-refractivity contribution < 1.29 is 19.0 Å². The Morgan fingerprint density at radius 3 is 2.11 bits per heavy atom. The first-order chi connectivity index (χ1) is 16.5. The van der Waals surface area contributed by atoms with E-state index < -0.39 is 0 Å². The Labute approximate surface area is 215 Å². The molecule has 0 bridgehead atoms. The number of hydrogen-bond acceptors (Lipinski definition) is 7. The average Bonchev–Trinajstić information content (AvgIpc) is 3.29. The molecule has 3 aromatic carbocycles. The van der Waals surface area contributed by atoms with Crippen LogP contribution in [-0.2, 0) is 0 Å². The maximum absolute atomic E-state index is 13.6. The SMILES string of the molecule is COc1ccc(OC)c2sc(N(CCN(C)C)C(=O)c3ccc(Oc4ccccc4)cc3)nc12.Cl. The highest BCUT2D eigenvalue weighted by Gasteiger charge is 2.24. The van der Waals surface area contributed by atoms with Gasteiger partial charge in [0.25, 0.3) is 5.91 Å². The molecule has 0 aliphatic carbocycles. The van der Waals surface area contributed by atoms with Gasteiger partial charge in [0.2, 0.25) is 0 Å². The van der Waals surface area contributed by atoms with Gasteiger partial charge in [-0.1, -0.05) is 29.5 Å². The van der Waals surface area contributed by atoms with Crippen LogP contribution in [0.15, 0.2) is 66.7 Å². The molecule has 0 aliphatic rings. The molecule has 1 aromatic heterocycles. The first-order valence-corrected chi connectivity index (χ1v) is 11.6. The van der Waals surface area contributed by atoms with Crippen molar-refractivity contribution in [2.75, 3.05) is 46.3 Å². The van der Waals surface area contributed by atoms with E-state index in [4.69, 9.17) is 19.2 Å². The third-order valence-corrected chi connectivity index (χ3v) is 6.32. The Hall–Kier alpha value is -3.33. The van der Waals surface area contributed by atoms with Gasteiger partial charge in [-0.3, -0.25) is 9.69 Å². The number of halogens is 1. The quantitative estimate of drug-likeness (QED) is 0.284. The van der Waals surface area contributed by atoms with Gasteiger partial charge in [0.15, 0.2) is 5.13 Å². The van der Waals surface area contributed by atoms with E-state index in [0.717, 1.165) is 10.4 Å². The summed E-state index contributed by atoms with van der Waals surface area (Å²) in [6, 6.07) is 20.4. The van der Waals surface area contributed by atoms with Crippen LogP contribution in [0.25, 0.3) is 10.2 Å². The van der Waals surface area contributed by atoms with Crippen LogP contribution in [0.2, 0.25) is 0 Å². The molecule has 0 aliphatic heterocycles. The van der Waals surface area contributed by atoms with E-state index in [1.54, 1.807) is 43.4 Å². The lowest BCUT2D eigenvalue weighted by molar-refractivity contribution is 0.0985. The van der Waals surface area contributed by atoms with Crippen molar-refractivity contribution in [2.24, 2.45) is 0 Å². The molecule has 0 N–H and O–H groups in total. The van der Waals surface area contributed by atoms with Crippen LogP contribution in [0.3, 0.4) is 0 Å². The Morgan fingerprint density at radius 1 is 0.857 bits per heavy atom. The Morgan fingerprint density at radius 2 is 1.49 bits per heavy atom. The minimum Gasteiger partial charge on any atom is -0.495 e. The number of fused-ring (bicyclic) bond motifs is 1. The van der Waals surface area contributed by atoms with E-state index in [1.807, 2.05) is 61.5 Å². The number of para-hydroxylation sites is 1. The molecule has 0 fully saturated rings. The van der Waals surface area contributed by atoms with Crippen molar-refractivity contribution in [1.82, 2.24) is 9.88 Å². The van der Waals surface area contributed by atoms with Gasteiger partial charge in [0.05, 0.1) is 14.2 Å². The van der Waals surface area contributed by atoms with Crippen LogP contribution >= 0.6 is 23.7 Å². The first kappa shape index (κ1) is 26.3. The van der Waals surface area contributed by atoms with Gasteiger partial charge in [-0.05, 0) is 62.6 Å². The zero-order chi connectivity index (χ0) is 24.1. The molecule has 4 aromatic rings. The van der Waals surface area contributed by atoms with Crippen LogP contribution in [0.5, 0.6) is 23.0 Å². The largest absolute Gasteiger partial charge is 0.495 e. The molecule has 0 unspecified atom stereocenters. The predicted octanol–water partition coefficient (Wildman–Crippen LogP) is 5.74. The van der Waals surface area contributed by atoms with Crippen molar-refractivity contribution in [3.05, 3.63) is 72.3 Å². The van der Waals surface area contributed by atoms with Crippen LogP contribution in [0, 0.1) is 0 Å². The normalized spacial score (nSPS) is 10.7. The maximum Gasteiger partial charge on any atom is 0.260 e. The van der Waals surface area contributed by atoms with Crippen LogP contribution < -0.4 is 19.1 Å². The zero-order valence-electron chi connectivity index (χ0n) is 20.1. The summed E-state index contributed by atoms with van der Waals surface area (Å²) in [5.41, 5.74) is 1.23. The van der Waals surface area contributed by atoms with Gasteiger partial charge >= 0.3 is 0 Å². The molecule has 4 rings (SSSR count). The summed E-state index contributed by atoms with van der Waals surface area (Å²) in [7, 11) is 7.18. The number of amides is 1. The highest BCUT2D eigenvalue weighted by Crippen LogP contribution is 2.40. The summed E-state index contributed by atoms with van der Waals surface area (Å²) in [6.45, 7) is 1.17. The topological polar surface area (TPSA) is 64.1 Å². The molecule has 7 nitrogen and oxygen atoms in total. The summed E-state index contributed by atoms with van der Waals surface area (Å²) in [5.74, 6) is 2.61. The molecule has 0 radical (unpaired) electrons. The summed E-state index contributed by atoms with van der Waals surface area (Å²) in [4.78, 5) is 22.1. The fourth-order valence-corrected chi connectivity index (χ4v) is 4.52. The van der Waals surface area contributed by atoms with E-state index in [9.17, 15) is 4.79 Å². The van der Waals surface area contributed by atoms with Gasteiger partial charge in [-0.2, -0.15) is 0 Å². The Bertz CT molecular complexity index is 1220. The van der Waals surface area contributed by atoms with E-state index in [-0.39, 0.29) is 18.3 Å². The molecule has 0 saturated heterocycles. The molecular weight excluding hydrogens is 486 g/mol. The number of anilines is 1. The van der Waals surface area contributed by atoms with Crippen LogP contribution in [0.4, 0.5) is 5.13 Å². The molecule has 9 heteroatoms. The molecule has 1 amide bonds. The number of rotatable bonds is 9. The Balaban J connectivity index is 0.00000342. The summed E-state index contributed by atoms with van der Waals surface area (Å²) in [5, 5.41) is 0.592. The summed E-state index contributed by atoms with van der Waals surface area (Å²) < 4.78 is 17.7. The van der Waals surface area contributed by atoms with Gasteiger partial charge < -0.3 is 19.1 Å². The highest BCUT2D eigenvalue weighted by molar-refractivity contribution is 7.22. The minimum absolute atomic E-state index is 0. The molecule has 184 valence electrons. The fourth-order valence-electron chi connectivity index (χ4n) is 3.42. The van der Waals surface area contributed by atoms with Crippen molar-refractivity contribution in [1.29, 1.82) is 0 Å². The standard InChI is InChI=1S/C26H27N3O4S.ClH/c1-28(2)16-17-29(26-27-23-21(31-3)14-15-22(32-4)24(23)34-26)25(30)18-10-12-20(13-11-18)33-19-8-6-5-7-9-19;/h5-15H,16-17H2,1-4H3;1H. The minimum atomic E-state index is -0.134. The average molecular weight is 514 g/mol. The second-order valence-corrected chi connectivity index (χ2v) is 8.82. The number of benzene rings is 3. The second kappa shape index (κ2) is 11.9. The number of likely N-dealkylation sites (N-methyl/N-ethyl adjacent to an activating group) is 1. The van der Waals surface area contributed by atoms with Gasteiger partial charge in [-0.15, -0.1) is 12.4 Å². The van der Waals surface area contributed by atoms with E-state index in [0.29, 0.717) is 46.5 Å². The lowest BCUT2D eigenvalue weighted by Crippen LogP contribution is -2.36. The first-order valence-electron chi connectivity index (χ1n) is 10.8. The predicted molar refractivity (Wildman–Crippen MR) is 143 cm³/mol. The molecular formula is C26H28ClN3O4S. The van der Waals surface area contributed by atoms with E-state index in [2.05, 4.69) is 0 Å². The molecule has 1 heterocycles. The lowest BCUT2D eigenvalue weighted by Gasteiger charge is -2.22. The van der Waals surface area contributed by atoms with E-state index in [1.165, 1.54) is 11.3 Å². The van der Waals surface area contributed by atoms with Gasteiger partial charge in [0, 0.05) is 18.7 Å². The maximum atomic E-state index is 13.6. The van der Waals surface area contributed by atoms with Crippen molar-refractivity contribution >= 4 is 45.0 Å². The number of nitrogens with zero attached hydrogens (tertiary/aromatic N) is 3. The summed E-state index contributed by atoms with van der Waals surface area (Å²) in [6.07, 6.45) is 0. The number of ether oxygens (including phenoxy) is 3. The third-order valence-electron chi connectivity index (χ3n) is 5.23. The number of hydrogen-bond donors (Lipinski definition) is 0. The monoisotopic (exact) mass is 513 g/mol. The molecule has 0 saturated carbocycles. The lowest BCUT2D eigenvalue weighted by atomic mass is 10.2. The zero-order valence-corrected chi connectivity index (χ0v) is 21.7. The summed E-state index contributed by atoms with van der Waals surface area (Å²) >= 11 is 1.41. The Kier molecular flexibility index (Phi) is 8.92. The van der Waals surface area contributed by atoms with Crippen molar-refractivity contribution in [3.8, 4) is 23.0 Å². The molecule has 0 atom stereocenters. The number of methoxy groups -OCH3 is 2. The smallest absolute Gasteiger partial charge is 0.260 e. The molecule has 0 spiro atoms. The van der Waals surface area contributed by atoms with E-state index >= 15 is 0 Å². The highest BCUT2D eigenvalue weighted by atomic mass is 35.5. The number of carbonyl (C=O) groups excluding carboxylic acids is 1. The van der Waals surface area contributed by atoms with Crippen molar-refractivity contribution in [2.45, 2.75) is 0 Å². The van der Waals surface area contributed by atoms with Gasteiger partial charge in [-0.25, -0.2) is 4.98 Å². The second-order valence-electron chi connectivity index (χ2n) is 7.84. The fraction of sp³-hybridized carbons (Fsp3) is 0.231. The van der Waals surface area contributed by atoms with Gasteiger partial charge in [0.1, 0.15) is 33.2 Å². The van der Waals surface area contributed by atoms with Crippen LogP contribution in [-0.4, -0.2) is 57.2 Å². The number of carbonyl (C=O) groups is 1. The number of aromatic nitrogens is 1.